The SMILES string of the molecule is Cl.Cl.N#Cc1ccc(-c2ccc([C@@H]3C[C@H]3N)cn2)cc1. The zero-order valence-corrected chi connectivity index (χ0v) is 12.3. The Morgan fingerprint density at radius 2 is 1.75 bits per heavy atom. The molecule has 2 aromatic rings. The Bertz CT molecular complexity index is 603. The van der Waals surface area contributed by atoms with Crippen molar-refractivity contribution >= 4 is 24.8 Å². The van der Waals surface area contributed by atoms with Crippen molar-refractivity contribution in [2.24, 2.45) is 5.73 Å². The summed E-state index contributed by atoms with van der Waals surface area (Å²) in [4.78, 5) is 4.46. The second-order valence-electron chi connectivity index (χ2n) is 4.67. The lowest BCUT2D eigenvalue weighted by Crippen LogP contribution is -2.01. The minimum absolute atomic E-state index is 0. The molecule has 0 radical (unpaired) electrons. The van der Waals surface area contributed by atoms with Gasteiger partial charge in [0.2, 0.25) is 0 Å². The number of pyridine rings is 1. The number of nitriles is 1. The summed E-state index contributed by atoms with van der Waals surface area (Å²) in [7, 11) is 0. The van der Waals surface area contributed by atoms with Crippen molar-refractivity contribution in [1.82, 2.24) is 4.98 Å². The average molecular weight is 308 g/mol. The van der Waals surface area contributed by atoms with Crippen LogP contribution >= 0.6 is 24.8 Å². The maximum Gasteiger partial charge on any atom is 0.0991 e. The van der Waals surface area contributed by atoms with Gasteiger partial charge < -0.3 is 5.73 Å². The van der Waals surface area contributed by atoms with Crippen LogP contribution in [0.25, 0.3) is 11.3 Å². The Balaban J connectivity index is 0.000001000. The molecule has 5 heteroatoms. The van der Waals surface area contributed by atoms with E-state index in [1.807, 2.05) is 36.5 Å². The first-order valence-electron chi connectivity index (χ1n) is 6.00. The highest BCUT2D eigenvalue weighted by atomic mass is 35.5. The smallest absolute Gasteiger partial charge is 0.0991 e. The minimum Gasteiger partial charge on any atom is -0.327 e. The van der Waals surface area contributed by atoms with Crippen molar-refractivity contribution in [2.75, 3.05) is 0 Å². The van der Waals surface area contributed by atoms with Crippen LogP contribution in [0.1, 0.15) is 23.5 Å². The number of nitrogens with zero attached hydrogens (tertiary/aromatic N) is 2. The van der Waals surface area contributed by atoms with E-state index in [1.165, 1.54) is 5.56 Å². The highest BCUT2D eigenvalue weighted by Gasteiger charge is 2.34. The topological polar surface area (TPSA) is 62.7 Å². The van der Waals surface area contributed by atoms with E-state index < -0.39 is 0 Å². The van der Waals surface area contributed by atoms with Crippen LogP contribution in [0, 0.1) is 11.3 Å². The molecule has 1 aromatic carbocycles. The fraction of sp³-hybridized carbons (Fsp3) is 0.200. The van der Waals surface area contributed by atoms with E-state index in [2.05, 4.69) is 17.1 Å². The van der Waals surface area contributed by atoms with Crippen LogP contribution in [0.3, 0.4) is 0 Å². The van der Waals surface area contributed by atoms with Crippen molar-refractivity contribution in [3.05, 3.63) is 53.7 Å². The van der Waals surface area contributed by atoms with Crippen LogP contribution in [0.15, 0.2) is 42.6 Å². The van der Waals surface area contributed by atoms with Gasteiger partial charge in [-0.05, 0) is 30.2 Å². The van der Waals surface area contributed by atoms with Crippen molar-refractivity contribution in [1.29, 1.82) is 5.26 Å². The third-order valence-electron chi connectivity index (χ3n) is 3.36. The number of rotatable bonds is 2. The van der Waals surface area contributed by atoms with Crippen LogP contribution in [0.4, 0.5) is 0 Å². The molecule has 1 saturated carbocycles. The molecule has 1 fully saturated rings. The molecule has 2 N–H and O–H groups in total. The van der Waals surface area contributed by atoms with Gasteiger partial charge in [-0.3, -0.25) is 4.98 Å². The van der Waals surface area contributed by atoms with Gasteiger partial charge in [0.1, 0.15) is 0 Å². The monoisotopic (exact) mass is 307 g/mol. The van der Waals surface area contributed by atoms with Crippen LogP contribution in [-0.2, 0) is 0 Å². The summed E-state index contributed by atoms with van der Waals surface area (Å²) in [5.41, 5.74) is 9.67. The zero-order valence-electron chi connectivity index (χ0n) is 10.7. The molecular weight excluding hydrogens is 293 g/mol. The molecule has 0 spiro atoms. The lowest BCUT2D eigenvalue weighted by atomic mass is 10.1. The third kappa shape index (κ3) is 3.29. The van der Waals surface area contributed by atoms with E-state index in [1.54, 1.807) is 0 Å². The van der Waals surface area contributed by atoms with Crippen LogP contribution < -0.4 is 5.73 Å². The molecule has 104 valence electrons. The molecule has 3 rings (SSSR count). The first kappa shape index (κ1) is 16.5. The number of hydrogen-bond donors (Lipinski definition) is 1. The molecule has 1 heterocycles. The van der Waals surface area contributed by atoms with Crippen molar-refractivity contribution < 1.29 is 0 Å². The molecule has 3 nitrogen and oxygen atoms in total. The summed E-state index contributed by atoms with van der Waals surface area (Å²) in [6.45, 7) is 0. The Morgan fingerprint density at radius 3 is 2.20 bits per heavy atom. The van der Waals surface area contributed by atoms with Gasteiger partial charge in [-0.15, -0.1) is 24.8 Å². The summed E-state index contributed by atoms with van der Waals surface area (Å²) in [5.74, 6) is 0.493. The lowest BCUT2D eigenvalue weighted by molar-refractivity contribution is 0.981. The molecule has 0 bridgehead atoms. The Labute approximate surface area is 130 Å². The molecule has 0 saturated heterocycles. The van der Waals surface area contributed by atoms with E-state index in [9.17, 15) is 0 Å². The molecule has 2 atom stereocenters. The van der Waals surface area contributed by atoms with E-state index in [0.29, 0.717) is 17.5 Å². The molecule has 1 aromatic heterocycles. The van der Waals surface area contributed by atoms with Crippen molar-refractivity contribution in [3.8, 4) is 17.3 Å². The van der Waals surface area contributed by atoms with E-state index in [4.69, 9.17) is 11.0 Å². The quantitative estimate of drug-likeness (QED) is 0.926. The maximum absolute atomic E-state index is 8.75. The maximum atomic E-state index is 8.75. The standard InChI is InChI=1S/C15H13N3.2ClH/c16-8-10-1-3-11(4-2-10)15-6-5-12(9-18-15)13-7-14(13)17;;/h1-6,9,13-14H,7,17H2;2*1H/t13-,14+;;/m0../s1. The number of aromatic nitrogens is 1. The number of hydrogen-bond acceptors (Lipinski definition) is 3. The summed E-state index contributed by atoms with van der Waals surface area (Å²) in [6.07, 6.45) is 2.98. The number of nitrogens with two attached hydrogens (primary N) is 1. The van der Waals surface area contributed by atoms with E-state index >= 15 is 0 Å². The molecule has 20 heavy (non-hydrogen) atoms. The van der Waals surface area contributed by atoms with Gasteiger partial charge in [-0.1, -0.05) is 18.2 Å². The second-order valence-corrected chi connectivity index (χ2v) is 4.67. The lowest BCUT2D eigenvalue weighted by Gasteiger charge is -2.03. The van der Waals surface area contributed by atoms with Gasteiger partial charge in [-0.2, -0.15) is 5.26 Å². The first-order valence-corrected chi connectivity index (χ1v) is 6.00. The molecular formula is C15H15Cl2N3. The zero-order chi connectivity index (χ0) is 12.5. The molecule has 1 aliphatic rings. The molecule has 0 amide bonds. The molecule has 1 aliphatic carbocycles. The Kier molecular flexibility index (Phi) is 5.52. The highest BCUT2D eigenvalue weighted by molar-refractivity contribution is 5.85. The van der Waals surface area contributed by atoms with Gasteiger partial charge in [-0.25, -0.2) is 0 Å². The largest absolute Gasteiger partial charge is 0.327 e. The van der Waals surface area contributed by atoms with E-state index in [-0.39, 0.29) is 24.8 Å². The summed E-state index contributed by atoms with van der Waals surface area (Å²) >= 11 is 0. The first-order chi connectivity index (χ1) is 8.78. The normalized spacial score (nSPS) is 19.2. The predicted molar refractivity (Wildman–Crippen MR) is 84.2 cm³/mol. The predicted octanol–water partition coefficient (Wildman–Crippen LogP) is 3.28. The van der Waals surface area contributed by atoms with Crippen molar-refractivity contribution in [3.63, 3.8) is 0 Å². The minimum atomic E-state index is 0. The van der Waals surface area contributed by atoms with Gasteiger partial charge >= 0.3 is 0 Å². The second kappa shape index (κ2) is 6.71. The van der Waals surface area contributed by atoms with Crippen LogP contribution in [0.2, 0.25) is 0 Å². The van der Waals surface area contributed by atoms with E-state index in [0.717, 1.165) is 17.7 Å². The van der Waals surface area contributed by atoms with Gasteiger partial charge in [0.15, 0.2) is 0 Å². The Morgan fingerprint density at radius 1 is 1.10 bits per heavy atom. The number of halogens is 2. The summed E-state index contributed by atoms with van der Waals surface area (Å²) in [6, 6.07) is 14.0. The average Bonchev–Trinajstić information content (AvgIpc) is 3.16. The molecule has 0 unspecified atom stereocenters. The van der Waals surface area contributed by atoms with Gasteiger partial charge in [0, 0.05) is 23.7 Å². The Hall–Kier alpha value is -1.60. The van der Waals surface area contributed by atoms with Crippen LogP contribution in [0.5, 0.6) is 0 Å². The van der Waals surface area contributed by atoms with Gasteiger partial charge in [0.25, 0.3) is 0 Å². The highest BCUT2D eigenvalue weighted by Crippen LogP contribution is 2.38. The summed E-state index contributed by atoms with van der Waals surface area (Å²) in [5, 5.41) is 8.75. The third-order valence-corrected chi connectivity index (χ3v) is 3.36. The fourth-order valence-electron chi connectivity index (χ4n) is 2.11. The van der Waals surface area contributed by atoms with Crippen molar-refractivity contribution in [2.45, 2.75) is 18.4 Å². The summed E-state index contributed by atoms with van der Waals surface area (Å²) < 4.78 is 0. The molecule has 0 aliphatic heterocycles. The van der Waals surface area contributed by atoms with Crippen LogP contribution in [-0.4, -0.2) is 11.0 Å². The number of benzene rings is 1. The van der Waals surface area contributed by atoms with Gasteiger partial charge in [0.05, 0.1) is 17.3 Å². The fourth-order valence-corrected chi connectivity index (χ4v) is 2.11.